The number of hydrogen-bond donors (Lipinski definition) is 3. The normalized spacial score (nSPS) is 20.5. The molecule has 0 amide bonds. The van der Waals surface area contributed by atoms with Crippen molar-refractivity contribution >= 4 is 23.0 Å². The Hall–Kier alpha value is -1.34. The Bertz CT molecular complexity index is 578. The van der Waals surface area contributed by atoms with E-state index < -0.39 is 11.7 Å². The quantitative estimate of drug-likeness (QED) is 0.688. The molecule has 2 rings (SSSR count). The van der Waals surface area contributed by atoms with Crippen LogP contribution in [0.4, 0.5) is 18.9 Å². The van der Waals surface area contributed by atoms with Crippen molar-refractivity contribution in [1.82, 2.24) is 10.6 Å². The number of halogens is 3. The summed E-state index contributed by atoms with van der Waals surface area (Å²) in [5, 5.41) is 10.3. The first-order valence-electron chi connectivity index (χ1n) is 7.90. The monoisotopic (exact) mass is 359 g/mol. The maximum atomic E-state index is 12.6. The summed E-state index contributed by atoms with van der Waals surface area (Å²) in [7, 11) is 0. The van der Waals surface area contributed by atoms with Crippen LogP contribution in [0.1, 0.15) is 46.1 Å². The van der Waals surface area contributed by atoms with Gasteiger partial charge in [-0.15, -0.1) is 0 Å². The van der Waals surface area contributed by atoms with E-state index in [-0.39, 0.29) is 17.1 Å². The first-order valence-corrected chi connectivity index (χ1v) is 8.31. The molecule has 0 unspecified atom stereocenters. The molecule has 3 N–H and O–H groups in total. The molecule has 7 heteroatoms. The van der Waals surface area contributed by atoms with Gasteiger partial charge in [-0.25, -0.2) is 0 Å². The summed E-state index contributed by atoms with van der Waals surface area (Å²) in [6.07, 6.45) is -2.51. The van der Waals surface area contributed by atoms with Gasteiger partial charge < -0.3 is 16.0 Å². The first-order chi connectivity index (χ1) is 10.9. The molecular formula is C17H24F3N3S. The molecule has 1 aromatic carbocycles. The van der Waals surface area contributed by atoms with Gasteiger partial charge >= 0.3 is 6.18 Å². The van der Waals surface area contributed by atoms with E-state index in [1.807, 2.05) is 0 Å². The highest BCUT2D eigenvalue weighted by atomic mass is 32.1. The summed E-state index contributed by atoms with van der Waals surface area (Å²) < 4.78 is 37.7. The minimum absolute atomic E-state index is 0.0105. The molecule has 0 spiro atoms. The Kier molecular flexibility index (Phi) is 5.16. The molecule has 134 valence electrons. The van der Waals surface area contributed by atoms with Gasteiger partial charge in [0.2, 0.25) is 0 Å². The summed E-state index contributed by atoms with van der Waals surface area (Å²) in [6, 6.07) is 5.05. The lowest BCUT2D eigenvalue weighted by Crippen LogP contribution is -2.62. The average molecular weight is 359 g/mol. The third-order valence-corrected chi connectivity index (χ3v) is 4.22. The van der Waals surface area contributed by atoms with Gasteiger partial charge in [-0.2, -0.15) is 13.2 Å². The molecule has 0 aliphatic carbocycles. The fourth-order valence-electron chi connectivity index (χ4n) is 3.52. The van der Waals surface area contributed by atoms with E-state index in [4.69, 9.17) is 12.2 Å². The highest BCUT2D eigenvalue weighted by molar-refractivity contribution is 7.80. The van der Waals surface area contributed by atoms with Crippen LogP contribution in [0.15, 0.2) is 24.3 Å². The lowest BCUT2D eigenvalue weighted by Gasteiger charge is -2.46. The summed E-state index contributed by atoms with van der Waals surface area (Å²) in [4.78, 5) is 0. The molecule has 1 aliphatic heterocycles. The number of alkyl halides is 3. The second-order valence-electron chi connectivity index (χ2n) is 7.67. The minimum atomic E-state index is -4.33. The molecular weight excluding hydrogens is 335 g/mol. The van der Waals surface area contributed by atoms with Gasteiger partial charge in [-0.1, -0.05) is 0 Å². The molecule has 0 bridgehead atoms. The molecule has 3 nitrogen and oxygen atoms in total. The average Bonchev–Trinajstić information content (AvgIpc) is 2.33. The molecule has 1 heterocycles. The van der Waals surface area contributed by atoms with E-state index in [9.17, 15) is 13.2 Å². The van der Waals surface area contributed by atoms with Crippen LogP contribution < -0.4 is 16.0 Å². The Morgan fingerprint density at radius 3 is 2.04 bits per heavy atom. The third-order valence-electron chi connectivity index (χ3n) is 4.00. The van der Waals surface area contributed by atoms with Gasteiger partial charge in [-0.05, 0) is 77.0 Å². The van der Waals surface area contributed by atoms with Crippen molar-refractivity contribution in [3.05, 3.63) is 29.8 Å². The maximum absolute atomic E-state index is 12.6. The SMILES string of the molecule is CC1(C)CC(NC(=S)Nc2ccc(C(F)(F)F)cc2)CC(C)(C)N1. The molecule has 0 aromatic heterocycles. The third kappa shape index (κ3) is 5.34. The number of benzene rings is 1. The summed E-state index contributed by atoms with van der Waals surface area (Å²) in [6.45, 7) is 8.59. The molecule has 0 atom stereocenters. The fraction of sp³-hybridized carbons (Fsp3) is 0.588. The van der Waals surface area contributed by atoms with E-state index >= 15 is 0 Å². The number of anilines is 1. The minimum Gasteiger partial charge on any atom is -0.360 e. The van der Waals surface area contributed by atoms with E-state index in [0.29, 0.717) is 10.8 Å². The summed E-state index contributed by atoms with van der Waals surface area (Å²) in [5.41, 5.74) is -0.158. The van der Waals surface area contributed by atoms with Gasteiger partial charge in [-0.3, -0.25) is 0 Å². The van der Waals surface area contributed by atoms with Crippen molar-refractivity contribution in [3.63, 3.8) is 0 Å². The van der Waals surface area contributed by atoms with Crippen LogP contribution >= 0.6 is 12.2 Å². The largest absolute Gasteiger partial charge is 0.416 e. The van der Waals surface area contributed by atoms with Crippen molar-refractivity contribution in [2.45, 2.75) is 63.8 Å². The second-order valence-corrected chi connectivity index (χ2v) is 8.08. The number of hydrogen-bond acceptors (Lipinski definition) is 2. The van der Waals surface area contributed by atoms with Crippen molar-refractivity contribution in [1.29, 1.82) is 0 Å². The standard InChI is InChI=1S/C17H24F3N3S/c1-15(2)9-13(10-16(3,4)23-15)22-14(24)21-12-7-5-11(6-8-12)17(18,19)20/h5-8,13,23H,9-10H2,1-4H3,(H2,21,22,24). The van der Waals surface area contributed by atoms with Crippen LogP contribution in [0.5, 0.6) is 0 Å². The molecule has 0 saturated carbocycles. The van der Waals surface area contributed by atoms with Crippen molar-refractivity contribution in [2.24, 2.45) is 0 Å². The summed E-state index contributed by atoms with van der Waals surface area (Å²) >= 11 is 5.31. The zero-order chi connectivity index (χ0) is 18.2. The number of thiocarbonyl (C=S) groups is 1. The maximum Gasteiger partial charge on any atom is 0.416 e. The van der Waals surface area contributed by atoms with Crippen LogP contribution in [-0.4, -0.2) is 22.2 Å². The van der Waals surface area contributed by atoms with Gasteiger partial charge in [0.15, 0.2) is 5.11 Å². The van der Waals surface area contributed by atoms with Gasteiger partial charge in [0.1, 0.15) is 0 Å². The van der Waals surface area contributed by atoms with Crippen molar-refractivity contribution in [2.75, 3.05) is 5.32 Å². The topological polar surface area (TPSA) is 36.1 Å². The predicted octanol–water partition coefficient (Wildman–Crippen LogP) is 4.30. The fourth-order valence-corrected chi connectivity index (χ4v) is 3.80. The van der Waals surface area contributed by atoms with E-state index in [1.165, 1.54) is 12.1 Å². The Balaban J connectivity index is 1.96. The van der Waals surface area contributed by atoms with E-state index in [0.717, 1.165) is 25.0 Å². The van der Waals surface area contributed by atoms with Crippen LogP contribution in [0, 0.1) is 0 Å². The number of piperidine rings is 1. The molecule has 1 aliphatic rings. The van der Waals surface area contributed by atoms with Crippen LogP contribution in [-0.2, 0) is 6.18 Å². The lowest BCUT2D eigenvalue weighted by atomic mass is 9.80. The highest BCUT2D eigenvalue weighted by Gasteiger charge is 2.37. The smallest absolute Gasteiger partial charge is 0.360 e. The molecule has 0 radical (unpaired) electrons. The zero-order valence-electron chi connectivity index (χ0n) is 14.3. The predicted molar refractivity (Wildman–Crippen MR) is 95.1 cm³/mol. The van der Waals surface area contributed by atoms with Gasteiger partial charge in [0.05, 0.1) is 5.56 Å². The Morgan fingerprint density at radius 1 is 1.08 bits per heavy atom. The zero-order valence-corrected chi connectivity index (χ0v) is 15.2. The number of nitrogens with one attached hydrogen (secondary N) is 3. The Labute approximate surface area is 146 Å². The highest BCUT2D eigenvalue weighted by Crippen LogP contribution is 2.30. The van der Waals surface area contributed by atoms with Crippen molar-refractivity contribution < 1.29 is 13.2 Å². The number of rotatable bonds is 2. The van der Waals surface area contributed by atoms with E-state index in [2.05, 4.69) is 43.6 Å². The molecule has 1 fully saturated rings. The van der Waals surface area contributed by atoms with E-state index in [1.54, 1.807) is 0 Å². The summed E-state index contributed by atoms with van der Waals surface area (Å²) in [5.74, 6) is 0. The molecule has 1 aromatic rings. The first kappa shape index (κ1) is 19.0. The van der Waals surface area contributed by atoms with Crippen LogP contribution in [0.2, 0.25) is 0 Å². The van der Waals surface area contributed by atoms with Crippen LogP contribution in [0.3, 0.4) is 0 Å². The van der Waals surface area contributed by atoms with Crippen LogP contribution in [0.25, 0.3) is 0 Å². The Morgan fingerprint density at radius 2 is 1.58 bits per heavy atom. The lowest BCUT2D eigenvalue weighted by molar-refractivity contribution is -0.137. The van der Waals surface area contributed by atoms with Crippen molar-refractivity contribution in [3.8, 4) is 0 Å². The molecule has 24 heavy (non-hydrogen) atoms. The van der Waals surface area contributed by atoms with Gasteiger partial charge in [0, 0.05) is 22.8 Å². The van der Waals surface area contributed by atoms with Gasteiger partial charge in [0.25, 0.3) is 0 Å². The second kappa shape index (κ2) is 6.52. The molecule has 1 saturated heterocycles.